The Hall–Kier alpha value is -2.89. The summed E-state index contributed by atoms with van der Waals surface area (Å²) >= 11 is 7.97. The normalized spacial score (nSPS) is 11.4. The summed E-state index contributed by atoms with van der Waals surface area (Å²) in [5.41, 5.74) is 5.53. The van der Waals surface area contributed by atoms with E-state index in [-0.39, 0.29) is 17.9 Å². The molecule has 0 atom stereocenters. The summed E-state index contributed by atoms with van der Waals surface area (Å²) in [6, 6.07) is 19.4. The molecule has 2 amide bonds. The predicted molar refractivity (Wildman–Crippen MR) is 146 cm³/mol. The molecule has 0 spiro atoms. The van der Waals surface area contributed by atoms with Gasteiger partial charge in [0, 0.05) is 26.6 Å². The van der Waals surface area contributed by atoms with Gasteiger partial charge in [-0.1, -0.05) is 75.7 Å². The quantitative estimate of drug-likeness (QED) is 0.263. The lowest BCUT2D eigenvalue weighted by atomic mass is 9.93. The summed E-state index contributed by atoms with van der Waals surface area (Å²) < 4.78 is 6.13. The Kier molecular flexibility index (Phi) is 7.24. The van der Waals surface area contributed by atoms with Gasteiger partial charge in [0.15, 0.2) is 0 Å². The van der Waals surface area contributed by atoms with Gasteiger partial charge < -0.3 is 9.73 Å². The molecule has 1 heterocycles. The van der Waals surface area contributed by atoms with Crippen molar-refractivity contribution in [3.05, 3.63) is 76.8 Å². The van der Waals surface area contributed by atoms with Crippen LogP contribution in [0.25, 0.3) is 22.1 Å². The fourth-order valence-electron chi connectivity index (χ4n) is 4.22. The fourth-order valence-corrected chi connectivity index (χ4v) is 5.00. The van der Waals surface area contributed by atoms with Crippen LogP contribution in [0.2, 0.25) is 5.02 Å². The Bertz CT molecular complexity index is 1320. The minimum atomic E-state index is -0.344. The summed E-state index contributed by atoms with van der Waals surface area (Å²) in [5.74, 6) is 0.933. The highest BCUT2D eigenvalue weighted by Crippen LogP contribution is 2.43. The predicted octanol–water partition coefficient (Wildman–Crippen LogP) is 9.37. The second-order valence-corrected chi connectivity index (χ2v) is 10.1. The lowest BCUT2D eigenvalue weighted by Gasteiger charge is -2.20. The SMILES string of the molecule is CSc1ccccc1-c1c(NC(=O)Nc2c(C(C)C)cccc2C(C)C)oc2ccc(Cl)cc12. The Morgan fingerprint density at radius 2 is 1.59 bits per heavy atom. The van der Waals surface area contributed by atoms with Crippen LogP contribution in [0, 0.1) is 0 Å². The molecule has 0 radical (unpaired) electrons. The fraction of sp³-hybridized carbons (Fsp3) is 0.250. The van der Waals surface area contributed by atoms with Crippen molar-refractivity contribution >= 4 is 51.9 Å². The van der Waals surface area contributed by atoms with E-state index in [1.54, 1.807) is 17.8 Å². The van der Waals surface area contributed by atoms with Crippen LogP contribution in [0.3, 0.4) is 0 Å². The van der Waals surface area contributed by atoms with E-state index in [4.69, 9.17) is 16.0 Å². The maximum absolute atomic E-state index is 13.3. The van der Waals surface area contributed by atoms with E-state index in [1.165, 1.54) is 0 Å². The lowest BCUT2D eigenvalue weighted by molar-refractivity contribution is 0.261. The average Bonchev–Trinajstić information content (AvgIpc) is 3.15. The molecule has 4 rings (SSSR count). The van der Waals surface area contributed by atoms with Crippen molar-refractivity contribution < 1.29 is 9.21 Å². The molecule has 6 heteroatoms. The van der Waals surface area contributed by atoms with Crippen LogP contribution in [-0.2, 0) is 0 Å². The van der Waals surface area contributed by atoms with E-state index in [9.17, 15) is 4.79 Å². The minimum absolute atomic E-state index is 0.270. The number of urea groups is 1. The monoisotopic (exact) mass is 492 g/mol. The van der Waals surface area contributed by atoms with Crippen LogP contribution in [0.4, 0.5) is 16.4 Å². The van der Waals surface area contributed by atoms with Crippen molar-refractivity contribution in [2.45, 2.75) is 44.4 Å². The van der Waals surface area contributed by atoms with Gasteiger partial charge in [-0.2, -0.15) is 0 Å². The number of nitrogens with one attached hydrogen (secondary N) is 2. The molecule has 3 aromatic carbocycles. The van der Waals surface area contributed by atoms with Gasteiger partial charge in [-0.3, -0.25) is 5.32 Å². The Balaban J connectivity index is 1.78. The molecule has 0 aliphatic heterocycles. The van der Waals surface area contributed by atoms with Crippen molar-refractivity contribution in [2.75, 3.05) is 16.9 Å². The number of para-hydroxylation sites is 1. The molecule has 0 saturated carbocycles. The van der Waals surface area contributed by atoms with Crippen LogP contribution in [-0.4, -0.2) is 12.3 Å². The number of hydrogen-bond donors (Lipinski definition) is 2. The van der Waals surface area contributed by atoms with Crippen LogP contribution >= 0.6 is 23.4 Å². The number of benzene rings is 3. The molecule has 0 fully saturated rings. The highest BCUT2D eigenvalue weighted by molar-refractivity contribution is 7.98. The van der Waals surface area contributed by atoms with Gasteiger partial charge in [-0.25, -0.2) is 4.79 Å². The Morgan fingerprint density at radius 1 is 0.912 bits per heavy atom. The first kappa shape index (κ1) is 24.2. The standard InChI is InChI=1S/C28H29ClN2O2S/c1-16(2)19-10-8-11-20(17(3)4)26(19)30-28(32)31-27-25(21-9-6-7-12-24(21)34-5)22-15-18(29)13-14-23(22)33-27/h6-17H,1-5H3,(H2,30,31,32). The summed E-state index contributed by atoms with van der Waals surface area (Å²) in [5, 5.41) is 7.56. The minimum Gasteiger partial charge on any atom is -0.440 e. The third-order valence-electron chi connectivity index (χ3n) is 5.86. The van der Waals surface area contributed by atoms with E-state index in [2.05, 4.69) is 56.5 Å². The molecule has 0 bridgehead atoms. The summed E-state index contributed by atoms with van der Waals surface area (Å²) in [4.78, 5) is 14.4. The first-order valence-electron chi connectivity index (χ1n) is 11.4. The molecule has 4 nitrogen and oxygen atoms in total. The first-order chi connectivity index (χ1) is 16.3. The number of thioether (sulfide) groups is 1. The van der Waals surface area contributed by atoms with Crippen LogP contribution in [0.5, 0.6) is 0 Å². The second-order valence-electron chi connectivity index (χ2n) is 8.85. The van der Waals surface area contributed by atoms with E-state index in [0.717, 1.165) is 38.2 Å². The van der Waals surface area contributed by atoms with Crippen molar-refractivity contribution in [3.8, 4) is 11.1 Å². The number of carbonyl (C=O) groups is 1. The van der Waals surface area contributed by atoms with Gasteiger partial charge in [-0.05, 0) is 53.5 Å². The maximum atomic E-state index is 13.3. The molecule has 1 aromatic heterocycles. The summed E-state index contributed by atoms with van der Waals surface area (Å²) in [6.07, 6.45) is 2.03. The van der Waals surface area contributed by atoms with E-state index >= 15 is 0 Å². The first-order valence-corrected chi connectivity index (χ1v) is 13.0. The van der Waals surface area contributed by atoms with Gasteiger partial charge in [0.1, 0.15) is 5.58 Å². The van der Waals surface area contributed by atoms with E-state index in [0.29, 0.717) is 16.5 Å². The van der Waals surface area contributed by atoms with Crippen molar-refractivity contribution in [1.82, 2.24) is 0 Å². The zero-order chi connectivity index (χ0) is 24.4. The maximum Gasteiger partial charge on any atom is 0.326 e. The number of hydrogen-bond acceptors (Lipinski definition) is 3. The third kappa shape index (κ3) is 4.82. The molecular weight excluding hydrogens is 464 g/mol. The third-order valence-corrected chi connectivity index (χ3v) is 6.90. The second kappa shape index (κ2) is 10.2. The van der Waals surface area contributed by atoms with Crippen molar-refractivity contribution in [3.63, 3.8) is 0 Å². The molecule has 0 aliphatic rings. The van der Waals surface area contributed by atoms with Crippen LogP contribution < -0.4 is 10.6 Å². The van der Waals surface area contributed by atoms with Crippen molar-refractivity contribution in [2.24, 2.45) is 0 Å². The van der Waals surface area contributed by atoms with Gasteiger partial charge in [-0.15, -0.1) is 11.8 Å². The summed E-state index contributed by atoms with van der Waals surface area (Å²) in [7, 11) is 0. The topological polar surface area (TPSA) is 54.3 Å². The lowest BCUT2D eigenvalue weighted by Crippen LogP contribution is -2.21. The van der Waals surface area contributed by atoms with Gasteiger partial charge in [0.2, 0.25) is 5.88 Å². The number of furan rings is 1. The van der Waals surface area contributed by atoms with Gasteiger partial charge >= 0.3 is 6.03 Å². The molecule has 176 valence electrons. The molecule has 0 aliphatic carbocycles. The largest absolute Gasteiger partial charge is 0.440 e. The number of amides is 2. The number of fused-ring (bicyclic) bond motifs is 1. The highest BCUT2D eigenvalue weighted by Gasteiger charge is 2.22. The Labute approximate surface area is 210 Å². The molecule has 2 N–H and O–H groups in total. The average molecular weight is 493 g/mol. The van der Waals surface area contributed by atoms with E-state index < -0.39 is 0 Å². The van der Waals surface area contributed by atoms with Gasteiger partial charge in [0.05, 0.1) is 5.56 Å². The number of halogens is 1. The molecule has 4 aromatic rings. The summed E-state index contributed by atoms with van der Waals surface area (Å²) in [6.45, 7) is 8.51. The van der Waals surface area contributed by atoms with E-state index in [1.807, 2.05) is 42.7 Å². The highest BCUT2D eigenvalue weighted by atomic mass is 35.5. The zero-order valence-electron chi connectivity index (χ0n) is 20.0. The molecule has 0 unspecified atom stereocenters. The molecule has 0 saturated heterocycles. The molecule has 34 heavy (non-hydrogen) atoms. The van der Waals surface area contributed by atoms with Gasteiger partial charge in [0.25, 0.3) is 0 Å². The van der Waals surface area contributed by atoms with Crippen LogP contribution in [0.1, 0.15) is 50.7 Å². The number of carbonyl (C=O) groups excluding carboxylic acids is 1. The van der Waals surface area contributed by atoms with Crippen molar-refractivity contribution in [1.29, 1.82) is 0 Å². The number of anilines is 2. The Morgan fingerprint density at radius 3 is 2.24 bits per heavy atom. The smallest absolute Gasteiger partial charge is 0.326 e. The zero-order valence-corrected chi connectivity index (χ0v) is 21.6. The van der Waals surface area contributed by atoms with Crippen LogP contribution in [0.15, 0.2) is 70.0 Å². The molecular formula is C28H29ClN2O2S. The number of rotatable bonds is 6.